The Morgan fingerprint density at radius 3 is 2.95 bits per heavy atom. The predicted molar refractivity (Wildman–Crippen MR) is 81.5 cm³/mol. The maximum Gasteiger partial charge on any atom is 0.232 e. The van der Waals surface area contributed by atoms with Crippen molar-refractivity contribution in [2.45, 2.75) is 25.9 Å². The van der Waals surface area contributed by atoms with E-state index in [1.165, 1.54) is 0 Å². The summed E-state index contributed by atoms with van der Waals surface area (Å²) in [5.41, 5.74) is 0.888. The van der Waals surface area contributed by atoms with Crippen LogP contribution in [0.1, 0.15) is 18.2 Å². The van der Waals surface area contributed by atoms with Gasteiger partial charge in [-0.05, 0) is 30.0 Å². The van der Waals surface area contributed by atoms with Crippen molar-refractivity contribution in [1.29, 1.82) is 0 Å². The fourth-order valence-corrected chi connectivity index (χ4v) is 3.10. The Morgan fingerprint density at radius 2 is 2.20 bits per heavy atom. The van der Waals surface area contributed by atoms with Crippen LogP contribution in [0.25, 0.3) is 0 Å². The van der Waals surface area contributed by atoms with Gasteiger partial charge in [-0.25, -0.2) is 0 Å². The van der Waals surface area contributed by atoms with Gasteiger partial charge in [0.15, 0.2) is 0 Å². The number of fused-ring (bicyclic) bond motifs is 1. The molecule has 0 fully saturated rings. The van der Waals surface area contributed by atoms with E-state index in [2.05, 4.69) is 6.92 Å². The van der Waals surface area contributed by atoms with Crippen molar-refractivity contribution in [3.63, 3.8) is 0 Å². The molecule has 2 aromatic rings. The Morgan fingerprint density at radius 1 is 1.35 bits per heavy atom. The molecule has 3 rings (SSSR count). The Hall–Kier alpha value is -1.81. The van der Waals surface area contributed by atoms with E-state index in [0.717, 1.165) is 22.7 Å². The number of hydrogen-bond donors (Lipinski definition) is 0. The predicted octanol–water partition coefficient (Wildman–Crippen LogP) is 3.49. The molecule has 0 saturated carbocycles. The monoisotopic (exact) mass is 287 g/mol. The van der Waals surface area contributed by atoms with Crippen LogP contribution in [-0.4, -0.2) is 18.6 Å². The van der Waals surface area contributed by atoms with Gasteiger partial charge in [-0.2, -0.15) is 0 Å². The molecule has 0 N–H and O–H groups in total. The standard InChI is InChI=1S/C16H17NO2S/c1-2-12-11-17(14-7-3-4-8-15(14)19-12)16(18)10-13-6-5-9-20-13/h3-9,12H,2,10-11H2,1H3. The SMILES string of the molecule is CCC1CN(C(=O)Cc2cccs2)c2ccccc2O1. The Labute approximate surface area is 122 Å². The van der Waals surface area contributed by atoms with E-state index in [9.17, 15) is 4.79 Å². The van der Waals surface area contributed by atoms with Gasteiger partial charge in [-0.3, -0.25) is 4.79 Å². The van der Waals surface area contributed by atoms with Gasteiger partial charge in [0, 0.05) is 4.88 Å². The first-order valence-corrected chi connectivity index (χ1v) is 7.74. The van der Waals surface area contributed by atoms with E-state index < -0.39 is 0 Å². The Kier molecular flexibility index (Phi) is 3.74. The zero-order valence-electron chi connectivity index (χ0n) is 11.4. The largest absolute Gasteiger partial charge is 0.486 e. The van der Waals surface area contributed by atoms with Gasteiger partial charge in [0.25, 0.3) is 0 Å². The minimum Gasteiger partial charge on any atom is -0.486 e. The summed E-state index contributed by atoms with van der Waals surface area (Å²) in [5.74, 6) is 0.951. The lowest BCUT2D eigenvalue weighted by Crippen LogP contribution is -2.43. The van der Waals surface area contributed by atoms with E-state index in [1.807, 2.05) is 46.7 Å². The second-order valence-corrected chi connectivity index (χ2v) is 5.91. The summed E-state index contributed by atoms with van der Waals surface area (Å²) < 4.78 is 5.91. The Bertz CT molecular complexity index is 594. The fraction of sp³-hybridized carbons (Fsp3) is 0.312. The molecule has 1 unspecified atom stereocenters. The molecule has 1 aromatic heterocycles. The molecule has 1 amide bonds. The molecule has 0 radical (unpaired) electrons. The molecular formula is C16H17NO2S. The van der Waals surface area contributed by atoms with Crippen molar-refractivity contribution >= 4 is 22.9 Å². The summed E-state index contributed by atoms with van der Waals surface area (Å²) in [4.78, 5) is 15.5. The average Bonchev–Trinajstić information content (AvgIpc) is 2.98. The normalized spacial score (nSPS) is 17.4. The Balaban J connectivity index is 1.86. The number of amides is 1. The van der Waals surface area contributed by atoms with E-state index in [1.54, 1.807) is 11.3 Å². The van der Waals surface area contributed by atoms with Crippen LogP contribution < -0.4 is 9.64 Å². The molecular weight excluding hydrogens is 270 g/mol. The highest BCUT2D eigenvalue weighted by Gasteiger charge is 2.28. The molecule has 0 bridgehead atoms. The average molecular weight is 287 g/mol. The molecule has 1 aliphatic heterocycles. The molecule has 0 spiro atoms. The van der Waals surface area contributed by atoms with Gasteiger partial charge >= 0.3 is 0 Å². The molecule has 20 heavy (non-hydrogen) atoms. The van der Waals surface area contributed by atoms with E-state index in [4.69, 9.17) is 4.74 Å². The number of anilines is 1. The third-order valence-electron chi connectivity index (χ3n) is 3.50. The van der Waals surface area contributed by atoms with Crippen LogP contribution in [0.2, 0.25) is 0 Å². The number of carbonyl (C=O) groups is 1. The second kappa shape index (κ2) is 5.67. The van der Waals surface area contributed by atoms with Crippen molar-refractivity contribution in [3.05, 3.63) is 46.7 Å². The number of benzene rings is 1. The summed E-state index contributed by atoms with van der Waals surface area (Å²) in [6.07, 6.45) is 1.44. The summed E-state index contributed by atoms with van der Waals surface area (Å²) in [5, 5.41) is 2.00. The molecule has 0 saturated heterocycles. The van der Waals surface area contributed by atoms with Gasteiger partial charge in [0.2, 0.25) is 5.91 Å². The van der Waals surface area contributed by atoms with Crippen molar-refractivity contribution < 1.29 is 9.53 Å². The first-order chi connectivity index (χ1) is 9.78. The lowest BCUT2D eigenvalue weighted by atomic mass is 10.1. The summed E-state index contributed by atoms with van der Waals surface area (Å²) in [6.45, 7) is 2.72. The quantitative estimate of drug-likeness (QED) is 0.864. The third kappa shape index (κ3) is 2.56. The van der Waals surface area contributed by atoms with E-state index >= 15 is 0 Å². The van der Waals surface area contributed by atoms with Crippen LogP contribution in [0.3, 0.4) is 0 Å². The van der Waals surface area contributed by atoms with Crippen LogP contribution in [0.4, 0.5) is 5.69 Å². The number of hydrogen-bond acceptors (Lipinski definition) is 3. The molecule has 0 aliphatic carbocycles. The fourth-order valence-electron chi connectivity index (χ4n) is 2.40. The number of thiophene rings is 1. The first-order valence-electron chi connectivity index (χ1n) is 6.86. The van der Waals surface area contributed by atoms with Crippen LogP contribution >= 0.6 is 11.3 Å². The van der Waals surface area contributed by atoms with Gasteiger partial charge in [-0.1, -0.05) is 25.1 Å². The van der Waals surface area contributed by atoms with Crippen LogP contribution in [0.15, 0.2) is 41.8 Å². The maximum absolute atomic E-state index is 12.6. The molecule has 1 atom stereocenters. The second-order valence-electron chi connectivity index (χ2n) is 4.88. The molecule has 3 nitrogen and oxygen atoms in total. The number of nitrogens with zero attached hydrogens (tertiary/aromatic N) is 1. The summed E-state index contributed by atoms with van der Waals surface area (Å²) in [7, 11) is 0. The number of carbonyl (C=O) groups excluding carboxylic acids is 1. The van der Waals surface area contributed by atoms with Gasteiger partial charge < -0.3 is 9.64 Å². The lowest BCUT2D eigenvalue weighted by Gasteiger charge is -2.34. The summed E-state index contributed by atoms with van der Waals surface area (Å²) >= 11 is 1.62. The van der Waals surface area contributed by atoms with Crippen molar-refractivity contribution in [1.82, 2.24) is 0 Å². The molecule has 1 aromatic carbocycles. The van der Waals surface area contributed by atoms with E-state index in [0.29, 0.717) is 13.0 Å². The minimum absolute atomic E-state index is 0.0807. The topological polar surface area (TPSA) is 29.5 Å². The van der Waals surface area contributed by atoms with Crippen LogP contribution in [0.5, 0.6) is 5.75 Å². The molecule has 4 heteroatoms. The molecule has 2 heterocycles. The highest BCUT2D eigenvalue weighted by Crippen LogP contribution is 2.34. The number of ether oxygens (including phenoxy) is 1. The van der Waals surface area contributed by atoms with Crippen LogP contribution in [0, 0.1) is 0 Å². The van der Waals surface area contributed by atoms with Crippen LogP contribution in [-0.2, 0) is 11.2 Å². The smallest absolute Gasteiger partial charge is 0.232 e. The number of rotatable bonds is 3. The molecule has 104 valence electrons. The molecule has 1 aliphatic rings. The first kappa shape index (κ1) is 13.2. The maximum atomic E-state index is 12.6. The van der Waals surface area contributed by atoms with Gasteiger partial charge in [0.1, 0.15) is 11.9 Å². The zero-order valence-corrected chi connectivity index (χ0v) is 12.2. The van der Waals surface area contributed by atoms with Crippen molar-refractivity contribution in [2.75, 3.05) is 11.4 Å². The number of para-hydroxylation sites is 2. The van der Waals surface area contributed by atoms with E-state index in [-0.39, 0.29) is 12.0 Å². The highest BCUT2D eigenvalue weighted by molar-refractivity contribution is 7.10. The van der Waals surface area contributed by atoms with Gasteiger partial charge in [-0.15, -0.1) is 11.3 Å². The van der Waals surface area contributed by atoms with Crippen molar-refractivity contribution in [2.24, 2.45) is 0 Å². The highest BCUT2D eigenvalue weighted by atomic mass is 32.1. The third-order valence-corrected chi connectivity index (χ3v) is 4.37. The van der Waals surface area contributed by atoms with Crippen molar-refractivity contribution in [3.8, 4) is 5.75 Å². The zero-order chi connectivity index (χ0) is 13.9. The van der Waals surface area contributed by atoms with Gasteiger partial charge in [0.05, 0.1) is 18.7 Å². The summed E-state index contributed by atoms with van der Waals surface area (Å²) in [6, 6.07) is 11.8. The minimum atomic E-state index is 0.0807. The lowest BCUT2D eigenvalue weighted by molar-refractivity contribution is -0.118.